The molecule has 0 aliphatic heterocycles. The van der Waals surface area contributed by atoms with E-state index in [4.69, 9.17) is 15.3 Å². The van der Waals surface area contributed by atoms with Gasteiger partial charge in [-0.3, -0.25) is 9.97 Å². The highest BCUT2D eigenvalue weighted by atomic mass is 16.5. The van der Waals surface area contributed by atoms with Crippen LogP contribution in [0, 0.1) is 29.6 Å². The van der Waals surface area contributed by atoms with E-state index >= 15 is 0 Å². The van der Waals surface area contributed by atoms with Crippen molar-refractivity contribution in [1.82, 2.24) is 9.97 Å². The molecule has 5 nitrogen and oxygen atoms in total. The Kier molecular flexibility index (Phi) is 6.47. The van der Waals surface area contributed by atoms with Crippen molar-refractivity contribution < 1.29 is 4.74 Å². The maximum Gasteiger partial charge on any atom is 0.101 e. The normalized spacial score (nSPS) is 10.1. The van der Waals surface area contributed by atoms with E-state index in [0.717, 1.165) is 39.4 Å². The molecule has 0 saturated heterocycles. The van der Waals surface area contributed by atoms with Gasteiger partial charge in [0.2, 0.25) is 0 Å². The van der Waals surface area contributed by atoms with Crippen LogP contribution in [0.25, 0.3) is 21.8 Å². The summed E-state index contributed by atoms with van der Waals surface area (Å²) < 4.78 is 5.06. The highest BCUT2D eigenvalue weighted by Gasteiger charge is 2.07. The summed E-state index contributed by atoms with van der Waals surface area (Å²) in [4.78, 5) is 8.45. The number of nitriles is 2. The van der Waals surface area contributed by atoms with Gasteiger partial charge in [-0.2, -0.15) is 10.5 Å². The van der Waals surface area contributed by atoms with Crippen LogP contribution < -0.4 is 0 Å². The molecular weight excluding hydrogens is 360 g/mol. The molecule has 0 unspecified atom stereocenters. The summed E-state index contributed by atoms with van der Waals surface area (Å²) in [5.41, 5.74) is 5.18. The van der Waals surface area contributed by atoms with Crippen molar-refractivity contribution in [3.8, 4) is 12.1 Å². The molecule has 4 aromatic rings. The summed E-state index contributed by atoms with van der Waals surface area (Å²) in [5.74, 6) is 0. The Balaban J connectivity index is 0.000000169. The second-order valence-electron chi connectivity index (χ2n) is 6.45. The van der Waals surface area contributed by atoms with Crippen molar-refractivity contribution in [3.63, 3.8) is 0 Å². The number of hydrogen-bond donors (Lipinski definition) is 0. The second kappa shape index (κ2) is 9.41. The SMILES string of the molecule is COCCc1c(C#N)cnc2ccccc12.Cc1c(C#N)cnc2ccccc12. The number of benzene rings is 2. The smallest absolute Gasteiger partial charge is 0.101 e. The van der Waals surface area contributed by atoms with Crippen molar-refractivity contribution in [2.45, 2.75) is 13.3 Å². The number of pyridine rings is 2. The third-order valence-corrected chi connectivity index (χ3v) is 4.73. The molecule has 0 bridgehead atoms. The van der Waals surface area contributed by atoms with Crippen LogP contribution in [-0.4, -0.2) is 23.7 Å². The van der Waals surface area contributed by atoms with Crippen molar-refractivity contribution in [3.05, 3.63) is 83.2 Å². The molecule has 0 amide bonds. The van der Waals surface area contributed by atoms with Gasteiger partial charge < -0.3 is 4.74 Å². The average molecular weight is 380 g/mol. The molecule has 0 fully saturated rings. The zero-order valence-corrected chi connectivity index (χ0v) is 16.4. The van der Waals surface area contributed by atoms with Crippen LogP contribution in [0.1, 0.15) is 22.3 Å². The number of fused-ring (bicyclic) bond motifs is 2. The predicted molar refractivity (Wildman–Crippen MR) is 113 cm³/mol. The van der Waals surface area contributed by atoms with E-state index in [1.165, 1.54) is 0 Å². The Morgan fingerprint density at radius 1 is 0.828 bits per heavy atom. The van der Waals surface area contributed by atoms with Crippen LogP contribution in [0.15, 0.2) is 60.9 Å². The summed E-state index contributed by atoms with van der Waals surface area (Å²) in [7, 11) is 1.66. The van der Waals surface area contributed by atoms with Gasteiger partial charge in [0, 0.05) is 30.3 Å². The number of rotatable bonds is 3. The monoisotopic (exact) mass is 380 g/mol. The Labute approximate surface area is 169 Å². The molecule has 0 spiro atoms. The maximum absolute atomic E-state index is 9.05. The predicted octanol–water partition coefficient (Wildman–Crippen LogP) is 4.71. The van der Waals surface area contributed by atoms with E-state index in [0.29, 0.717) is 17.7 Å². The molecule has 0 atom stereocenters. The fraction of sp³-hybridized carbons (Fsp3) is 0.167. The maximum atomic E-state index is 9.05. The Morgan fingerprint density at radius 3 is 2.00 bits per heavy atom. The van der Waals surface area contributed by atoms with E-state index in [1.807, 2.05) is 55.5 Å². The number of para-hydroxylation sites is 2. The van der Waals surface area contributed by atoms with Crippen LogP contribution in [0.5, 0.6) is 0 Å². The molecule has 0 saturated carbocycles. The zero-order valence-electron chi connectivity index (χ0n) is 16.4. The van der Waals surface area contributed by atoms with Gasteiger partial charge in [0.1, 0.15) is 12.1 Å². The number of ether oxygens (including phenoxy) is 1. The van der Waals surface area contributed by atoms with Gasteiger partial charge in [-0.05, 0) is 36.6 Å². The minimum absolute atomic E-state index is 0.614. The Morgan fingerprint density at radius 2 is 1.38 bits per heavy atom. The van der Waals surface area contributed by atoms with Gasteiger partial charge in [-0.15, -0.1) is 0 Å². The summed E-state index contributed by atoms with van der Waals surface area (Å²) in [5, 5.41) is 19.9. The Hall–Kier alpha value is -3.80. The molecule has 0 aliphatic carbocycles. The van der Waals surface area contributed by atoms with E-state index in [2.05, 4.69) is 22.1 Å². The molecule has 2 aromatic carbocycles. The van der Waals surface area contributed by atoms with E-state index in [9.17, 15) is 0 Å². The van der Waals surface area contributed by atoms with E-state index in [1.54, 1.807) is 19.5 Å². The first-order valence-electron chi connectivity index (χ1n) is 9.19. The summed E-state index contributed by atoms with van der Waals surface area (Å²) in [6.45, 7) is 2.56. The fourth-order valence-corrected chi connectivity index (χ4v) is 3.16. The van der Waals surface area contributed by atoms with Crippen molar-refractivity contribution in [1.29, 1.82) is 10.5 Å². The van der Waals surface area contributed by atoms with Crippen LogP contribution in [0.2, 0.25) is 0 Å². The molecule has 29 heavy (non-hydrogen) atoms. The number of nitrogens with zero attached hydrogens (tertiary/aromatic N) is 4. The molecule has 0 aliphatic rings. The summed E-state index contributed by atoms with van der Waals surface area (Å²) in [6, 6.07) is 20.0. The summed E-state index contributed by atoms with van der Waals surface area (Å²) in [6.07, 6.45) is 3.99. The number of hydrogen-bond acceptors (Lipinski definition) is 5. The first-order chi connectivity index (χ1) is 14.2. The number of aryl methyl sites for hydroxylation is 1. The molecule has 0 N–H and O–H groups in total. The van der Waals surface area contributed by atoms with Gasteiger partial charge in [0.25, 0.3) is 0 Å². The third-order valence-electron chi connectivity index (χ3n) is 4.73. The number of methoxy groups -OCH3 is 1. The quantitative estimate of drug-likeness (QED) is 0.514. The van der Waals surface area contributed by atoms with Crippen LogP contribution in [-0.2, 0) is 11.2 Å². The van der Waals surface area contributed by atoms with Gasteiger partial charge in [-0.1, -0.05) is 36.4 Å². The largest absolute Gasteiger partial charge is 0.384 e. The number of aromatic nitrogens is 2. The fourth-order valence-electron chi connectivity index (χ4n) is 3.16. The standard InChI is InChI=1S/C13H12N2O.C11H8N2/c1-16-7-6-11-10(8-14)9-15-13-5-3-2-4-12(11)13;1-8-9(6-12)7-13-11-5-3-2-4-10(8)11/h2-5,9H,6-7H2,1H3;2-5,7H,1H3. The minimum Gasteiger partial charge on any atom is -0.384 e. The zero-order chi connectivity index (χ0) is 20.6. The molecule has 4 rings (SSSR count). The van der Waals surface area contributed by atoms with E-state index < -0.39 is 0 Å². The molecular formula is C24H20N4O. The van der Waals surface area contributed by atoms with Crippen molar-refractivity contribution in [2.75, 3.05) is 13.7 Å². The molecule has 2 aromatic heterocycles. The Bertz CT molecular complexity index is 1240. The molecule has 0 radical (unpaired) electrons. The van der Waals surface area contributed by atoms with Gasteiger partial charge >= 0.3 is 0 Å². The van der Waals surface area contributed by atoms with E-state index in [-0.39, 0.29) is 0 Å². The summed E-state index contributed by atoms with van der Waals surface area (Å²) >= 11 is 0. The highest BCUT2D eigenvalue weighted by molar-refractivity contribution is 5.84. The van der Waals surface area contributed by atoms with Crippen molar-refractivity contribution >= 4 is 21.8 Å². The lowest BCUT2D eigenvalue weighted by Gasteiger charge is -2.07. The second-order valence-corrected chi connectivity index (χ2v) is 6.45. The average Bonchev–Trinajstić information content (AvgIpc) is 2.78. The topological polar surface area (TPSA) is 82.6 Å². The van der Waals surface area contributed by atoms with Gasteiger partial charge in [0.15, 0.2) is 0 Å². The van der Waals surface area contributed by atoms with Crippen molar-refractivity contribution in [2.24, 2.45) is 0 Å². The van der Waals surface area contributed by atoms with Crippen LogP contribution in [0.3, 0.4) is 0 Å². The lowest BCUT2D eigenvalue weighted by Crippen LogP contribution is -1.99. The minimum atomic E-state index is 0.614. The molecule has 5 heteroatoms. The van der Waals surface area contributed by atoms with Gasteiger partial charge in [0.05, 0.1) is 28.8 Å². The van der Waals surface area contributed by atoms with Crippen LogP contribution in [0.4, 0.5) is 0 Å². The third kappa shape index (κ3) is 4.38. The first-order valence-corrected chi connectivity index (χ1v) is 9.19. The van der Waals surface area contributed by atoms with Gasteiger partial charge in [-0.25, -0.2) is 0 Å². The molecule has 2 heterocycles. The first kappa shape index (κ1) is 19.9. The van der Waals surface area contributed by atoms with Crippen LogP contribution >= 0.6 is 0 Å². The lowest BCUT2D eigenvalue weighted by atomic mass is 10.0. The molecule has 142 valence electrons. The lowest BCUT2D eigenvalue weighted by molar-refractivity contribution is 0.202. The highest BCUT2D eigenvalue weighted by Crippen LogP contribution is 2.20.